The van der Waals surface area contributed by atoms with Crippen LogP contribution in [0.5, 0.6) is 0 Å². The lowest BCUT2D eigenvalue weighted by Crippen LogP contribution is -2.33. The van der Waals surface area contributed by atoms with E-state index in [1.165, 1.54) is 12.8 Å². The summed E-state index contributed by atoms with van der Waals surface area (Å²) in [6.45, 7) is 12.4. The highest BCUT2D eigenvalue weighted by Crippen LogP contribution is 2.24. The summed E-state index contributed by atoms with van der Waals surface area (Å²) in [6, 6.07) is 0. The summed E-state index contributed by atoms with van der Waals surface area (Å²) in [6.07, 6.45) is 3.46. The summed E-state index contributed by atoms with van der Waals surface area (Å²) in [7, 11) is 1.68. The SMILES string of the molecule is CCCNCC(C)(CC)CCOCCOCCOC. The minimum absolute atomic E-state index is 0.339. The van der Waals surface area contributed by atoms with E-state index in [4.69, 9.17) is 14.2 Å². The number of hydrogen-bond donors (Lipinski definition) is 1. The van der Waals surface area contributed by atoms with Gasteiger partial charge in [0.2, 0.25) is 0 Å². The molecule has 1 atom stereocenters. The molecular weight excluding hydrogens is 242 g/mol. The molecule has 0 rings (SSSR count). The molecule has 0 bridgehead atoms. The number of methoxy groups -OCH3 is 1. The van der Waals surface area contributed by atoms with Crippen molar-refractivity contribution in [2.24, 2.45) is 5.41 Å². The average Bonchev–Trinajstić information content (AvgIpc) is 2.42. The second-order valence-electron chi connectivity index (χ2n) is 5.31. The molecule has 0 saturated heterocycles. The van der Waals surface area contributed by atoms with Crippen LogP contribution in [0.15, 0.2) is 0 Å². The normalized spacial score (nSPS) is 14.5. The van der Waals surface area contributed by atoms with E-state index in [0.29, 0.717) is 31.8 Å². The molecule has 0 aromatic carbocycles. The van der Waals surface area contributed by atoms with Gasteiger partial charge in [-0.25, -0.2) is 0 Å². The van der Waals surface area contributed by atoms with Crippen LogP contribution in [0.1, 0.15) is 40.0 Å². The molecule has 0 aliphatic carbocycles. The van der Waals surface area contributed by atoms with Crippen LogP contribution in [0.2, 0.25) is 0 Å². The first-order chi connectivity index (χ1) is 9.18. The third-order valence-corrected chi connectivity index (χ3v) is 3.49. The van der Waals surface area contributed by atoms with Gasteiger partial charge in [0, 0.05) is 20.3 Å². The maximum atomic E-state index is 5.62. The Balaban J connectivity index is 3.49. The lowest BCUT2D eigenvalue weighted by atomic mass is 9.84. The van der Waals surface area contributed by atoms with Crippen molar-refractivity contribution < 1.29 is 14.2 Å². The van der Waals surface area contributed by atoms with E-state index in [1.807, 2.05) is 0 Å². The molecule has 0 aromatic heterocycles. The van der Waals surface area contributed by atoms with Crippen LogP contribution in [0, 0.1) is 5.41 Å². The summed E-state index contributed by atoms with van der Waals surface area (Å²) in [4.78, 5) is 0. The third-order valence-electron chi connectivity index (χ3n) is 3.49. The van der Waals surface area contributed by atoms with Crippen molar-refractivity contribution >= 4 is 0 Å². The van der Waals surface area contributed by atoms with Gasteiger partial charge in [-0.15, -0.1) is 0 Å². The number of rotatable bonds is 14. The highest BCUT2D eigenvalue weighted by molar-refractivity contribution is 4.75. The second-order valence-corrected chi connectivity index (χ2v) is 5.31. The van der Waals surface area contributed by atoms with Crippen molar-refractivity contribution in [1.29, 1.82) is 0 Å². The standard InChI is InChI=1S/C15H33NO3/c1-5-8-16-14-15(3,6-2)7-9-18-12-13-19-11-10-17-4/h16H,5-14H2,1-4H3. The van der Waals surface area contributed by atoms with Gasteiger partial charge in [0.15, 0.2) is 0 Å². The Kier molecular flexibility index (Phi) is 12.7. The fourth-order valence-corrected chi connectivity index (χ4v) is 1.74. The maximum Gasteiger partial charge on any atom is 0.0701 e. The molecule has 0 saturated carbocycles. The van der Waals surface area contributed by atoms with Gasteiger partial charge in [0.25, 0.3) is 0 Å². The predicted octanol–water partition coefficient (Wildman–Crippen LogP) is 2.47. The molecule has 0 aliphatic heterocycles. The first-order valence-corrected chi connectivity index (χ1v) is 7.53. The van der Waals surface area contributed by atoms with E-state index in [1.54, 1.807) is 7.11 Å². The lowest BCUT2D eigenvalue weighted by Gasteiger charge is -2.28. The predicted molar refractivity (Wildman–Crippen MR) is 79.7 cm³/mol. The van der Waals surface area contributed by atoms with Gasteiger partial charge in [0.05, 0.1) is 26.4 Å². The molecule has 0 aromatic rings. The van der Waals surface area contributed by atoms with Gasteiger partial charge in [-0.1, -0.05) is 20.8 Å². The molecule has 0 amide bonds. The largest absolute Gasteiger partial charge is 0.382 e. The van der Waals surface area contributed by atoms with Crippen LogP contribution in [0.4, 0.5) is 0 Å². The molecule has 0 aliphatic rings. The lowest BCUT2D eigenvalue weighted by molar-refractivity contribution is 0.0172. The van der Waals surface area contributed by atoms with Gasteiger partial charge >= 0.3 is 0 Å². The van der Waals surface area contributed by atoms with Crippen LogP contribution >= 0.6 is 0 Å². The Bertz CT molecular complexity index is 190. The molecule has 116 valence electrons. The Morgan fingerprint density at radius 3 is 2.16 bits per heavy atom. The van der Waals surface area contributed by atoms with E-state index < -0.39 is 0 Å². The molecule has 4 heteroatoms. The van der Waals surface area contributed by atoms with Gasteiger partial charge in [-0.2, -0.15) is 0 Å². The average molecular weight is 275 g/mol. The molecule has 19 heavy (non-hydrogen) atoms. The van der Waals surface area contributed by atoms with E-state index in [9.17, 15) is 0 Å². The summed E-state index contributed by atoms with van der Waals surface area (Å²) in [5.41, 5.74) is 0.339. The van der Waals surface area contributed by atoms with Gasteiger partial charge < -0.3 is 19.5 Å². The molecule has 0 spiro atoms. The zero-order valence-corrected chi connectivity index (χ0v) is 13.3. The van der Waals surface area contributed by atoms with E-state index in [-0.39, 0.29) is 0 Å². The van der Waals surface area contributed by atoms with Crippen molar-refractivity contribution in [1.82, 2.24) is 5.32 Å². The monoisotopic (exact) mass is 275 g/mol. The topological polar surface area (TPSA) is 39.7 Å². The van der Waals surface area contributed by atoms with Crippen molar-refractivity contribution in [2.75, 3.05) is 53.2 Å². The van der Waals surface area contributed by atoms with E-state index in [0.717, 1.165) is 26.1 Å². The van der Waals surface area contributed by atoms with Crippen molar-refractivity contribution in [2.45, 2.75) is 40.0 Å². The van der Waals surface area contributed by atoms with Crippen LogP contribution < -0.4 is 5.32 Å². The number of nitrogens with one attached hydrogen (secondary N) is 1. The molecule has 0 heterocycles. The highest BCUT2D eigenvalue weighted by atomic mass is 16.5. The molecule has 1 unspecified atom stereocenters. The van der Waals surface area contributed by atoms with Crippen molar-refractivity contribution in [3.8, 4) is 0 Å². The minimum atomic E-state index is 0.339. The molecule has 0 fully saturated rings. The highest BCUT2D eigenvalue weighted by Gasteiger charge is 2.20. The van der Waals surface area contributed by atoms with Crippen LogP contribution in [-0.2, 0) is 14.2 Å². The van der Waals surface area contributed by atoms with Gasteiger partial charge in [-0.3, -0.25) is 0 Å². The number of ether oxygens (including phenoxy) is 3. The quantitative estimate of drug-likeness (QED) is 0.494. The molecule has 0 radical (unpaired) electrons. The third kappa shape index (κ3) is 11.4. The van der Waals surface area contributed by atoms with Crippen molar-refractivity contribution in [3.05, 3.63) is 0 Å². The first-order valence-electron chi connectivity index (χ1n) is 7.53. The molecule has 4 nitrogen and oxygen atoms in total. The smallest absolute Gasteiger partial charge is 0.0701 e. The van der Waals surface area contributed by atoms with Crippen molar-refractivity contribution in [3.63, 3.8) is 0 Å². The maximum absolute atomic E-state index is 5.62. The van der Waals surface area contributed by atoms with Crippen LogP contribution in [-0.4, -0.2) is 53.2 Å². The van der Waals surface area contributed by atoms with Crippen LogP contribution in [0.25, 0.3) is 0 Å². The van der Waals surface area contributed by atoms with E-state index >= 15 is 0 Å². The summed E-state index contributed by atoms with van der Waals surface area (Å²) >= 11 is 0. The Morgan fingerprint density at radius 1 is 0.947 bits per heavy atom. The number of hydrogen-bond acceptors (Lipinski definition) is 4. The molecule has 1 N–H and O–H groups in total. The molecular formula is C15H33NO3. The Morgan fingerprint density at radius 2 is 1.58 bits per heavy atom. The summed E-state index contributed by atoms with van der Waals surface area (Å²) in [5.74, 6) is 0. The fourth-order valence-electron chi connectivity index (χ4n) is 1.74. The van der Waals surface area contributed by atoms with E-state index in [2.05, 4.69) is 26.1 Å². The van der Waals surface area contributed by atoms with Crippen LogP contribution in [0.3, 0.4) is 0 Å². The fraction of sp³-hybridized carbons (Fsp3) is 1.00. The van der Waals surface area contributed by atoms with Gasteiger partial charge in [0.1, 0.15) is 0 Å². The Hall–Kier alpha value is -0.160. The zero-order valence-electron chi connectivity index (χ0n) is 13.3. The summed E-state index contributed by atoms with van der Waals surface area (Å²) < 4.78 is 15.9. The summed E-state index contributed by atoms with van der Waals surface area (Å²) in [5, 5.41) is 3.51. The van der Waals surface area contributed by atoms with Gasteiger partial charge in [-0.05, 0) is 31.2 Å². The minimum Gasteiger partial charge on any atom is -0.382 e. The zero-order chi connectivity index (χ0) is 14.4. The first kappa shape index (κ1) is 18.8. The second kappa shape index (κ2) is 12.9. The Labute approximate surface area is 119 Å².